The van der Waals surface area contributed by atoms with Crippen LogP contribution in [0.1, 0.15) is 56.9 Å². The predicted molar refractivity (Wildman–Crippen MR) is 84.6 cm³/mol. The maximum Gasteiger partial charge on any atom is 0.404 e. The summed E-state index contributed by atoms with van der Waals surface area (Å²) >= 11 is 0. The number of hydrogen-bond acceptors (Lipinski definition) is 2. The standard InChI is InChI=1S/C17H23F6NO/c1-2-3-4-5-6-7-10-25-14-11-12(8-9-13(14)24)15(16(18,19)20)17(21,22)23/h8-9,11,15H,2-7,10,24H2,1H3. The zero-order valence-electron chi connectivity index (χ0n) is 14.0. The second kappa shape index (κ2) is 9.20. The van der Waals surface area contributed by atoms with Crippen LogP contribution in [0.15, 0.2) is 18.2 Å². The molecule has 0 unspecified atom stereocenters. The summed E-state index contributed by atoms with van der Waals surface area (Å²) in [6, 6.07) is 2.48. The van der Waals surface area contributed by atoms with Gasteiger partial charge in [-0.05, 0) is 24.1 Å². The van der Waals surface area contributed by atoms with Crippen molar-refractivity contribution in [3.8, 4) is 5.75 Å². The van der Waals surface area contributed by atoms with Crippen LogP contribution in [0, 0.1) is 0 Å². The normalized spacial score (nSPS) is 12.6. The first-order valence-corrected chi connectivity index (χ1v) is 8.23. The minimum absolute atomic E-state index is 0.0119. The highest BCUT2D eigenvalue weighted by atomic mass is 19.4. The fraction of sp³-hybridized carbons (Fsp3) is 0.647. The lowest BCUT2D eigenvalue weighted by Gasteiger charge is -2.24. The Morgan fingerprint density at radius 3 is 2.04 bits per heavy atom. The van der Waals surface area contributed by atoms with Crippen LogP contribution in [0.4, 0.5) is 32.0 Å². The van der Waals surface area contributed by atoms with Crippen molar-refractivity contribution in [3.05, 3.63) is 23.8 Å². The van der Waals surface area contributed by atoms with Gasteiger partial charge in [0.1, 0.15) is 5.75 Å². The molecule has 0 atom stereocenters. The van der Waals surface area contributed by atoms with Crippen LogP contribution in [-0.2, 0) is 0 Å². The molecule has 0 amide bonds. The molecule has 1 aromatic carbocycles. The number of rotatable bonds is 9. The highest BCUT2D eigenvalue weighted by molar-refractivity contribution is 5.54. The molecular weight excluding hydrogens is 348 g/mol. The van der Waals surface area contributed by atoms with Crippen molar-refractivity contribution in [2.24, 2.45) is 0 Å². The highest BCUT2D eigenvalue weighted by Gasteiger charge is 2.57. The van der Waals surface area contributed by atoms with E-state index in [1.54, 1.807) is 0 Å². The van der Waals surface area contributed by atoms with E-state index in [-0.39, 0.29) is 18.0 Å². The van der Waals surface area contributed by atoms with Crippen molar-refractivity contribution < 1.29 is 31.1 Å². The van der Waals surface area contributed by atoms with E-state index in [0.29, 0.717) is 6.42 Å². The van der Waals surface area contributed by atoms with Crippen molar-refractivity contribution in [1.29, 1.82) is 0 Å². The summed E-state index contributed by atoms with van der Waals surface area (Å²) in [5.74, 6) is -3.71. The first-order valence-electron chi connectivity index (χ1n) is 8.23. The molecule has 0 radical (unpaired) electrons. The maximum absolute atomic E-state index is 12.8. The Balaban J connectivity index is 2.75. The van der Waals surface area contributed by atoms with Crippen LogP contribution < -0.4 is 10.5 Å². The Morgan fingerprint density at radius 2 is 1.48 bits per heavy atom. The summed E-state index contributed by atoms with van der Waals surface area (Å²) in [5, 5.41) is 0. The third kappa shape index (κ3) is 7.04. The second-order valence-electron chi connectivity index (χ2n) is 5.93. The molecule has 8 heteroatoms. The van der Waals surface area contributed by atoms with E-state index < -0.39 is 23.8 Å². The summed E-state index contributed by atoms with van der Waals surface area (Å²) in [6.07, 6.45) is -4.99. The Hall–Kier alpha value is -1.60. The first-order chi connectivity index (χ1) is 11.6. The number of anilines is 1. The first kappa shape index (κ1) is 21.4. The Labute approximate surface area is 143 Å². The maximum atomic E-state index is 12.8. The minimum Gasteiger partial charge on any atom is -0.491 e. The summed E-state index contributed by atoms with van der Waals surface area (Å²) in [5.41, 5.74) is 4.69. The van der Waals surface area contributed by atoms with Crippen LogP contribution in [0.5, 0.6) is 5.75 Å². The number of hydrogen-bond donors (Lipinski definition) is 1. The van der Waals surface area contributed by atoms with E-state index in [2.05, 4.69) is 6.92 Å². The summed E-state index contributed by atoms with van der Waals surface area (Å²) in [6.45, 7) is 2.29. The van der Waals surface area contributed by atoms with Gasteiger partial charge in [0.25, 0.3) is 0 Å². The van der Waals surface area contributed by atoms with Crippen molar-refractivity contribution in [2.45, 2.75) is 63.7 Å². The van der Waals surface area contributed by atoms with E-state index in [0.717, 1.165) is 50.3 Å². The molecule has 1 aromatic rings. The number of alkyl halides is 6. The molecule has 25 heavy (non-hydrogen) atoms. The van der Waals surface area contributed by atoms with Crippen LogP contribution >= 0.6 is 0 Å². The van der Waals surface area contributed by atoms with Crippen LogP contribution in [0.25, 0.3) is 0 Å². The average molecular weight is 371 g/mol. The van der Waals surface area contributed by atoms with Crippen molar-refractivity contribution in [3.63, 3.8) is 0 Å². The molecule has 0 aromatic heterocycles. The largest absolute Gasteiger partial charge is 0.491 e. The Morgan fingerprint density at radius 1 is 0.920 bits per heavy atom. The summed E-state index contributed by atoms with van der Waals surface area (Å²) < 4.78 is 82.1. The molecular formula is C17H23F6NO. The molecule has 2 nitrogen and oxygen atoms in total. The number of halogens is 6. The monoisotopic (exact) mass is 371 g/mol. The lowest BCUT2D eigenvalue weighted by molar-refractivity contribution is -0.253. The van der Waals surface area contributed by atoms with Gasteiger partial charge < -0.3 is 10.5 Å². The molecule has 0 bridgehead atoms. The number of unbranched alkanes of at least 4 members (excludes halogenated alkanes) is 5. The molecule has 2 N–H and O–H groups in total. The molecule has 144 valence electrons. The third-order valence-electron chi connectivity index (χ3n) is 3.78. The minimum atomic E-state index is -5.44. The van der Waals surface area contributed by atoms with E-state index in [9.17, 15) is 26.3 Å². The smallest absolute Gasteiger partial charge is 0.404 e. The van der Waals surface area contributed by atoms with Crippen LogP contribution in [0.3, 0.4) is 0 Å². The Bertz CT molecular complexity index is 513. The topological polar surface area (TPSA) is 35.2 Å². The van der Waals surface area contributed by atoms with Crippen molar-refractivity contribution in [1.82, 2.24) is 0 Å². The van der Waals surface area contributed by atoms with Gasteiger partial charge >= 0.3 is 12.4 Å². The van der Waals surface area contributed by atoms with Gasteiger partial charge in [-0.1, -0.05) is 45.1 Å². The molecule has 0 saturated heterocycles. The van der Waals surface area contributed by atoms with Gasteiger partial charge in [-0.25, -0.2) is 0 Å². The fourth-order valence-electron chi connectivity index (χ4n) is 2.48. The molecule has 0 heterocycles. The molecule has 0 aliphatic rings. The van der Waals surface area contributed by atoms with Gasteiger partial charge in [0.2, 0.25) is 0 Å². The van der Waals surface area contributed by atoms with E-state index in [1.165, 1.54) is 0 Å². The zero-order valence-corrected chi connectivity index (χ0v) is 14.0. The SMILES string of the molecule is CCCCCCCCOc1cc(C(C(F)(F)F)C(F)(F)F)ccc1N. The molecule has 0 aliphatic heterocycles. The van der Waals surface area contributed by atoms with Crippen LogP contribution in [0.2, 0.25) is 0 Å². The number of benzene rings is 1. The van der Waals surface area contributed by atoms with Gasteiger partial charge in [0.15, 0.2) is 5.92 Å². The summed E-state index contributed by atoms with van der Waals surface area (Å²) in [4.78, 5) is 0. The molecule has 0 saturated carbocycles. The van der Waals surface area contributed by atoms with Crippen molar-refractivity contribution >= 4 is 5.69 Å². The van der Waals surface area contributed by atoms with Crippen molar-refractivity contribution in [2.75, 3.05) is 12.3 Å². The zero-order chi connectivity index (χ0) is 19.1. The highest BCUT2D eigenvalue weighted by Crippen LogP contribution is 2.47. The van der Waals surface area contributed by atoms with E-state index in [4.69, 9.17) is 10.5 Å². The fourth-order valence-corrected chi connectivity index (χ4v) is 2.48. The molecule has 0 aliphatic carbocycles. The molecule has 0 spiro atoms. The predicted octanol–water partition coefficient (Wildman–Crippen LogP) is 6.22. The van der Waals surface area contributed by atoms with Gasteiger partial charge in [-0.15, -0.1) is 0 Å². The van der Waals surface area contributed by atoms with E-state index in [1.807, 2.05) is 0 Å². The van der Waals surface area contributed by atoms with Crippen LogP contribution in [-0.4, -0.2) is 19.0 Å². The van der Waals surface area contributed by atoms with E-state index >= 15 is 0 Å². The number of ether oxygens (including phenoxy) is 1. The number of nitrogens with two attached hydrogens (primary N) is 1. The van der Waals surface area contributed by atoms with Gasteiger partial charge in [0.05, 0.1) is 12.3 Å². The second-order valence-corrected chi connectivity index (χ2v) is 5.93. The van der Waals surface area contributed by atoms with Gasteiger partial charge in [0, 0.05) is 0 Å². The molecule has 0 fully saturated rings. The Kier molecular flexibility index (Phi) is 7.89. The summed E-state index contributed by atoms with van der Waals surface area (Å²) in [7, 11) is 0. The van der Waals surface area contributed by atoms with Gasteiger partial charge in [-0.2, -0.15) is 26.3 Å². The van der Waals surface area contributed by atoms with Gasteiger partial charge in [-0.3, -0.25) is 0 Å². The number of nitrogen functional groups attached to an aromatic ring is 1. The lowest BCUT2D eigenvalue weighted by Crippen LogP contribution is -2.34. The average Bonchev–Trinajstić information content (AvgIpc) is 2.46. The quantitative estimate of drug-likeness (QED) is 0.318. The lowest BCUT2D eigenvalue weighted by atomic mass is 9.97. The third-order valence-corrected chi connectivity index (χ3v) is 3.78. The molecule has 1 rings (SSSR count).